The molecule has 3 heteroatoms. The average Bonchev–Trinajstić information content (AvgIpc) is 2.04. The van der Waals surface area contributed by atoms with Gasteiger partial charge in [0.2, 0.25) is 6.04 Å². The van der Waals surface area contributed by atoms with Gasteiger partial charge in [-0.1, -0.05) is 18.4 Å². The van der Waals surface area contributed by atoms with Crippen LogP contribution in [0.25, 0.3) is 0 Å². The Hall–Kier alpha value is -1.52. The Morgan fingerprint density at radius 1 is 1.75 bits per heavy atom. The van der Waals surface area contributed by atoms with Gasteiger partial charge in [-0.3, -0.25) is 10.1 Å². The summed E-state index contributed by atoms with van der Waals surface area (Å²) in [6, 6.07) is -0.510. The zero-order valence-electron chi connectivity index (χ0n) is 7.04. The van der Waals surface area contributed by atoms with E-state index in [0.29, 0.717) is 12.8 Å². The number of rotatable bonds is 4. The predicted octanol–water partition coefficient (Wildman–Crippen LogP) is 2.08. The lowest BCUT2D eigenvalue weighted by Gasteiger charge is -2.00. The minimum Gasteiger partial charge on any atom is -0.264 e. The van der Waals surface area contributed by atoms with Gasteiger partial charge in [0.25, 0.3) is 0 Å². The van der Waals surface area contributed by atoms with Crippen molar-refractivity contribution in [3.8, 4) is 0 Å². The molecule has 0 aliphatic heterocycles. The van der Waals surface area contributed by atoms with Gasteiger partial charge in [-0.25, -0.2) is 0 Å². The van der Waals surface area contributed by atoms with E-state index in [1.165, 1.54) is 0 Å². The van der Waals surface area contributed by atoms with Gasteiger partial charge in [0.05, 0.1) is 0 Å². The lowest BCUT2D eigenvalue weighted by Crippen LogP contribution is -2.16. The minimum absolute atomic E-state index is 0.282. The minimum atomic E-state index is -0.510. The lowest BCUT2D eigenvalue weighted by molar-refractivity contribution is -0.521. The molecule has 0 aliphatic carbocycles. The van der Waals surface area contributed by atoms with Crippen LogP contribution in [0, 0.1) is 10.1 Å². The Kier molecular flexibility index (Phi) is 5.42. The van der Waals surface area contributed by atoms with Crippen molar-refractivity contribution in [2.24, 2.45) is 0 Å². The third-order valence-corrected chi connectivity index (χ3v) is 1.42. The maximum absolute atomic E-state index is 10.3. The molecule has 1 unspecified atom stereocenters. The van der Waals surface area contributed by atoms with Crippen LogP contribution in [0.3, 0.4) is 0 Å². The molecule has 0 aromatic rings. The monoisotopic (exact) mass is 165 g/mol. The molecule has 3 nitrogen and oxygen atoms in total. The largest absolute Gasteiger partial charge is 0.264 e. The lowest BCUT2D eigenvalue weighted by atomic mass is 10.2. The SMILES string of the molecule is C=C=C=C=CCC(CC)[N+](=O)[O-]. The van der Waals surface area contributed by atoms with Crippen LogP contribution in [0.15, 0.2) is 29.8 Å². The van der Waals surface area contributed by atoms with E-state index < -0.39 is 6.04 Å². The van der Waals surface area contributed by atoms with Gasteiger partial charge in [0, 0.05) is 17.8 Å². The Morgan fingerprint density at radius 3 is 2.83 bits per heavy atom. The van der Waals surface area contributed by atoms with Crippen LogP contribution in [-0.4, -0.2) is 11.0 Å². The molecule has 0 aromatic heterocycles. The third kappa shape index (κ3) is 4.32. The van der Waals surface area contributed by atoms with Crippen LogP contribution in [0.2, 0.25) is 0 Å². The highest BCUT2D eigenvalue weighted by molar-refractivity contribution is 4.85. The maximum Gasteiger partial charge on any atom is 0.216 e. The van der Waals surface area contributed by atoms with Crippen molar-refractivity contribution in [1.29, 1.82) is 0 Å². The standard InChI is InChI=1S/C9H11NO2/c1-3-5-6-7-8-9(4-2)10(11)12/h7,9H,1,4,8H2,2H3. The van der Waals surface area contributed by atoms with Gasteiger partial charge in [-0.15, -0.1) is 0 Å². The van der Waals surface area contributed by atoms with E-state index in [1.54, 1.807) is 13.0 Å². The number of hydrogen-bond donors (Lipinski definition) is 0. The van der Waals surface area contributed by atoms with Crippen LogP contribution in [0.5, 0.6) is 0 Å². The summed E-state index contributed by atoms with van der Waals surface area (Å²) in [7, 11) is 0. The van der Waals surface area contributed by atoms with Crippen molar-refractivity contribution in [1.82, 2.24) is 0 Å². The van der Waals surface area contributed by atoms with Gasteiger partial charge in [0.1, 0.15) is 0 Å². The first kappa shape index (κ1) is 10.5. The Balaban J connectivity index is 4.14. The predicted molar refractivity (Wildman–Crippen MR) is 46.4 cm³/mol. The van der Waals surface area contributed by atoms with Crippen molar-refractivity contribution in [2.75, 3.05) is 0 Å². The summed E-state index contributed by atoms with van der Waals surface area (Å²) in [4.78, 5) is 10.0. The Morgan fingerprint density at radius 2 is 2.42 bits per heavy atom. The van der Waals surface area contributed by atoms with Crippen LogP contribution in [0.1, 0.15) is 19.8 Å². The zero-order valence-corrected chi connectivity index (χ0v) is 7.04. The van der Waals surface area contributed by atoms with E-state index in [2.05, 4.69) is 23.8 Å². The molecule has 0 radical (unpaired) electrons. The smallest absolute Gasteiger partial charge is 0.216 e. The molecule has 0 fully saturated rings. The summed E-state index contributed by atoms with van der Waals surface area (Å²) in [6.07, 6.45) is 2.50. The molecule has 0 aromatic carbocycles. The quantitative estimate of drug-likeness (QED) is 0.363. The van der Waals surface area contributed by atoms with E-state index >= 15 is 0 Å². The molecular formula is C9H11NO2. The van der Waals surface area contributed by atoms with Crippen LogP contribution in [-0.2, 0) is 0 Å². The molecule has 0 saturated heterocycles. The van der Waals surface area contributed by atoms with E-state index in [9.17, 15) is 10.1 Å². The molecule has 0 aliphatic rings. The first-order valence-corrected chi connectivity index (χ1v) is 3.70. The highest BCUT2D eigenvalue weighted by Crippen LogP contribution is 2.01. The second kappa shape index (κ2) is 6.21. The zero-order chi connectivity index (χ0) is 9.40. The molecule has 12 heavy (non-hydrogen) atoms. The summed E-state index contributed by atoms with van der Waals surface area (Å²) >= 11 is 0. The van der Waals surface area contributed by atoms with Gasteiger partial charge >= 0.3 is 0 Å². The molecule has 0 spiro atoms. The van der Waals surface area contributed by atoms with Gasteiger partial charge in [-0.05, 0) is 18.4 Å². The third-order valence-electron chi connectivity index (χ3n) is 1.42. The fourth-order valence-electron chi connectivity index (χ4n) is 0.699. The summed E-state index contributed by atoms with van der Waals surface area (Å²) < 4.78 is 0. The molecule has 0 bridgehead atoms. The fraction of sp³-hybridized carbons (Fsp3) is 0.444. The molecular weight excluding hydrogens is 154 g/mol. The van der Waals surface area contributed by atoms with E-state index in [4.69, 9.17) is 0 Å². The second-order valence-electron chi connectivity index (χ2n) is 2.23. The van der Waals surface area contributed by atoms with E-state index in [-0.39, 0.29) is 4.92 Å². The number of nitrogens with zero attached hydrogens (tertiary/aromatic N) is 1. The molecule has 0 amide bonds. The number of nitro groups is 1. The molecule has 0 rings (SSSR count). The maximum atomic E-state index is 10.3. The van der Waals surface area contributed by atoms with Gasteiger partial charge in [0.15, 0.2) is 0 Å². The van der Waals surface area contributed by atoms with E-state index in [1.807, 2.05) is 0 Å². The van der Waals surface area contributed by atoms with Crippen LogP contribution < -0.4 is 0 Å². The Bertz CT molecular complexity index is 264. The normalized spacial score (nSPS) is 10.4. The van der Waals surface area contributed by atoms with Crippen molar-refractivity contribution in [3.63, 3.8) is 0 Å². The highest BCUT2D eigenvalue weighted by Gasteiger charge is 2.14. The fourth-order valence-corrected chi connectivity index (χ4v) is 0.699. The molecule has 1 atom stereocenters. The first-order valence-electron chi connectivity index (χ1n) is 3.70. The average molecular weight is 165 g/mol. The van der Waals surface area contributed by atoms with Crippen molar-refractivity contribution < 1.29 is 4.92 Å². The van der Waals surface area contributed by atoms with E-state index in [0.717, 1.165) is 0 Å². The summed E-state index contributed by atoms with van der Waals surface area (Å²) in [5.74, 6) is 0. The highest BCUT2D eigenvalue weighted by atomic mass is 16.6. The number of hydrogen-bond acceptors (Lipinski definition) is 2. The van der Waals surface area contributed by atoms with Crippen LogP contribution >= 0.6 is 0 Å². The Labute approximate surface area is 71.6 Å². The first-order chi connectivity index (χ1) is 5.72. The van der Waals surface area contributed by atoms with Crippen molar-refractivity contribution >= 4 is 0 Å². The topological polar surface area (TPSA) is 43.1 Å². The molecule has 0 heterocycles. The van der Waals surface area contributed by atoms with Gasteiger partial charge < -0.3 is 0 Å². The summed E-state index contributed by atoms with van der Waals surface area (Å²) in [5, 5.41) is 10.3. The summed E-state index contributed by atoms with van der Waals surface area (Å²) in [5.41, 5.74) is 7.46. The van der Waals surface area contributed by atoms with Crippen molar-refractivity contribution in [2.45, 2.75) is 25.8 Å². The molecule has 0 N–H and O–H groups in total. The summed E-state index contributed by atoms with van der Waals surface area (Å²) in [6.45, 7) is 5.07. The molecule has 0 saturated carbocycles. The van der Waals surface area contributed by atoms with Gasteiger partial charge in [-0.2, -0.15) is 0 Å². The second-order valence-corrected chi connectivity index (χ2v) is 2.23. The van der Waals surface area contributed by atoms with Crippen LogP contribution in [0.4, 0.5) is 0 Å². The van der Waals surface area contributed by atoms with Crippen molar-refractivity contribution in [3.05, 3.63) is 40.0 Å². The molecule has 64 valence electrons.